The maximum absolute atomic E-state index is 2.58. The van der Waals surface area contributed by atoms with Gasteiger partial charge >= 0.3 is 196 Å². The fourth-order valence-electron chi connectivity index (χ4n) is 6.02. The molecule has 7 rings (SSSR count). The van der Waals surface area contributed by atoms with Crippen LogP contribution < -0.4 is 8.96 Å². The molecular formula is C30H27GeN2+. The van der Waals surface area contributed by atoms with Crippen molar-refractivity contribution in [2.75, 3.05) is 0 Å². The van der Waals surface area contributed by atoms with Gasteiger partial charge in [0.05, 0.1) is 0 Å². The van der Waals surface area contributed by atoms with E-state index in [9.17, 15) is 0 Å². The van der Waals surface area contributed by atoms with Crippen LogP contribution in [0.1, 0.15) is 5.56 Å². The van der Waals surface area contributed by atoms with Crippen LogP contribution in [0.3, 0.4) is 0 Å². The number of aryl methyl sites for hydroxylation is 2. The summed E-state index contributed by atoms with van der Waals surface area (Å²) in [5, 5.41) is 9.55. The molecule has 0 bridgehead atoms. The molecule has 3 aromatic heterocycles. The van der Waals surface area contributed by atoms with E-state index in [4.69, 9.17) is 0 Å². The van der Waals surface area contributed by atoms with Gasteiger partial charge in [0, 0.05) is 0 Å². The molecule has 0 saturated carbocycles. The third-order valence-electron chi connectivity index (χ3n) is 7.65. The topological polar surface area (TPSA) is 8.29 Å². The van der Waals surface area contributed by atoms with Crippen molar-refractivity contribution in [1.29, 1.82) is 0 Å². The summed E-state index contributed by atoms with van der Waals surface area (Å²) in [7, 11) is 2.20. The molecule has 4 aromatic carbocycles. The van der Waals surface area contributed by atoms with E-state index < -0.39 is 13.3 Å². The van der Waals surface area contributed by atoms with Gasteiger partial charge in [-0.1, -0.05) is 0 Å². The molecular weight excluding hydrogens is 461 g/mol. The molecule has 0 unspecified atom stereocenters. The van der Waals surface area contributed by atoms with Crippen molar-refractivity contribution in [3.63, 3.8) is 0 Å². The fourth-order valence-corrected chi connectivity index (χ4v) is 8.45. The summed E-state index contributed by atoms with van der Waals surface area (Å²) in [6.45, 7) is 2.31. The second-order valence-electron chi connectivity index (χ2n) is 10.6. The first-order chi connectivity index (χ1) is 15.9. The molecule has 0 saturated heterocycles. The van der Waals surface area contributed by atoms with Gasteiger partial charge in [0.25, 0.3) is 0 Å². The molecule has 2 nitrogen and oxygen atoms in total. The van der Waals surface area contributed by atoms with Crippen molar-refractivity contribution in [2.45, 2.75) is 24.2 Å². The van der Waals surface area contributed by atoms with Crippen LogP contribution in [0.2, 0.25) is 17.3 Å². The number of hydrogen-bond acceptors (Lipinski definition) is 0. The zero-order valence-electron chi connectivity index (χ0n) is 19.8. The molecule has 3 heteroatoms. The van der Waals surface area contributed by atoms with E-state index in [0.29, 0.717) is 0 Å². The van der Waals surface area contributed by atoms with Crippen LogP contribution in [0.5, 0.6) is 0 Å². The number of para-hydroxylation sites is 1. The molecule has 33 heavy (non-hydrogen) atoms. The second-order valence-corrected chi connectivity index (χ2v) is 21.3. The Hall–Kier alpha value is -3.11. The van der Waals surface area contributed by atoms with Crippen molar-refractivity contribution >= 4 is 77.4 Å². The molecule has 0 aliphatic carbocycles. The predicted molar refractivity (Wildman–Crippen MR) is 145 cm³/mol. The van der Waals surface area contributed by atoms with Crippen LogP contribution in [0, 0.1) is 6.92 Å². The standard InChI is InChI=1S/C30H27GeN2/c1-18-21-10-6-7-11-22(21)28-23-12-8-9-13-24(23)33-25-17-20(31(2,3)4)16-19-14-15-32(5)29(27(19)25)26(18)30(28)33/h6-17H,1-5H3/q+1. The molecule has 160 valence electrons. The molecule has 3 heterocycles. The van der Waals surface area contributed by atoms with Gasteiger partial charge in [-0.05, 0) is 0 Å². The zero-order chi connectivity index (χ0) is 22.6. The Kier molecular flexibility index (Phi) is 3.68. The third kappa shape index (κ3) is 2.37. The normalized spacial score (nSPS) is 13.0. The average Bonchev–Trinajstić information content (AvgIpc) is 3.15. The van der Waals surface area contributed by atoms with Crippen molar-refractivity contribution in [3.8, 4) is 0 Å². The fraction of sp³-hybridized carbons (Fsp3) is 0.167. The summed E-state index contributed by atoms with van der Waals surface area (Å²) in [6, 6.07) is 25.2. The van der Waals surface area contributed by atoms with Crippen molar-refractivity contribution in [1.82, 2.24) is 4.40 Å². The molecule has 0 amide bonds. The molecule has 0 radical (unpaired) electrons. The summed E-state index contributed by atoms with van der Waals surface area (Å²) in [5.74, 6) is 7.49. The quantitative estimate of drug-likeness (QED) is 0.104. The van der Waals surface area contributed by atoms with Crippen molar-refractivity contribution < 1.29 is 4.57 Å². The average molecular weight is 488 g/mol. The van der Waals surface area contributed by atoms with E-state index in [-0.39, 0.29) is 0 Å². The number of aromatic nitrogens is 2. The monoisotopic (exact) mass is 489 g/mol. The minimum absolute atomic E-state index is 1.31. The Bertz CT molecular complexity index is 1920. The van der Waals surface area contributed by atoms with Gasteiger partial charge < -0.3 is 0 Å². The summed E-state index contributed by atoms with van der Waals surface area (Å²) >= 11 is -2.05. The summed E-state index contributed by atoms with van der Waals surface area (Å²) < 4.78 is 6.47. The predicted octanol–water partition coefficient (Wildman–Crippen LogP) is 6.82. The van der Waals surface area contributed by atoms with Gasteiger partial charge in [-0.25, -0.2) is 0 Å². The molecule has 0 N–H and O–H groups in total. The maximum atomic E-state index is 2.58. The van der Waals surface area contributed by atoms with E-state index >= 15 is 0 Å². The van der Waals surface area contributed by atoms with E-state index in [2.05, 4.69) is 113 Å². The number of pyridine rings is 2. The number of hydrogen-bond donors (Lipinski definition) is 0. The Labute approximate surface area is 195 Å². The van der Waals surface area contributed by atoms with E-state index in [1.54, 1.807) is 4.40 Å². The van der Waals surface area contributed by atoms with Gasteiger partial charge in [0.15, 0.2) is 0 Å². The van der Waals surface area contributed by atoms with E-state index in [0.717, 1.165) is 0 Å². The first-order valence-corrected chi connectivity index (χ1v) is 19.1. The van der Waals surface area contributed by atoms with Gasteiger partial charge in [-0.2, -0.15) is 0 Å². The first kappa shape index (κ1) is 19.4. The Morgan fingerprint density at radius 3 is 2.18 bits per heavy atom. The minimum atomic E-state index is -2.05. The van der Waals surface area contributed by atoms with E-state index in [1.165, 1.54) is 65.3 Å². The van der Waals surface area contributed by atoms with Crippen LogP contribution in [-0.2, 0) is 7.05 Å². The van der Waals surface area contributed by atoms with Gasteiger partial charge in [0.2, 0.25) is 0 Å². The van der Waals surface area contributed by atoms with Gasteiger partial charge in [0.1, 0.15) is 0 Å². The number of nitrogens with zero attached hydrogens (tertiary/aromatic N) is 2. The Morgan fingerprint density at radius 1 is 0.727 bits per heavy atom. The SMILES string of the molecule is Cc1c2ccccc2c2c3ccccc3n3c4c[c]([Ge]([CH3])([CH3])[CH3])cc5cc[n+](C)c(c1c23)c54. The van der Waals surface area contributed by atoms with Gasteiger partial charge in [-0.3, -0.25) is 0 Å². The van der Waals surface area contributed by atoms with Crippen LogP contribution in [0.15, 0.2) is 72.9 Å². The van der Waals surface area contributed by atoms with Crippen molar-refractivity contribution in [3.05, 3.63) is 78.5 Å². The number of fused-ring (bicyclic) bond motifs is 7. The molecule has 0 spiro atoms. The van der Waals surface area contributed by atoms with Crippen LogP contribution in [-0.4, -0.2) is 17.7 Å². The van der Waals surface area contributed by atoms with Crippen LogP contribution >= 0.6 is 0 Å². The molecule has 0 atom stereocenters. The summed E-state index contributed by atoms with van der Waals surface area (Å²) in [6.07, 6.45) is 2.25. The molecule has 0 fully saturated rings. The van der Waals surface area contributed by atoms with Crippen LogP contribution in [0.25, 0.3) is 59.8 Å². The number of rotatable bonds is 1. The Morgan fingerprint density at radius 2 is 1.42 bits per heavy atom. The second kappa shape index (κ2) is 6.27. The van der Waals surface area contributed by atoms with Crippen LogP contribution in [0.4, 0.5) is 0 Å². The Balaban J connectivity index is 1.96. The number of benzene rings is 4. The van der Waals surface area contributed by atoms with Gasteiger partial charge in [-0.15, -0.1) is 0 Å². The first-order valence-electron chi connectivity index (χ1n) is 11.8. The third-order valence-corrected chi connectivity index (χ3v) is 11.9. The molecule has 0 aliphatic rings. The summed E-state index contributed by atoms with van der Waals surface area (Å²) in [5.41, 5.74) is 6.73. The zero-order valence-corrected chi connectivity index (χ0v) is 21.9. The summed E-state index contributed by atoms with van der Waals surface area (Å²) in [4.78, 5) is 0. The van der Waals surface area contributed by atoms with Crippen molar-refractivity contribution in [2.24, 2.45) is 7.05 Å². The molecule has 7 aromatic rings. The van der Waals surface area contributed by atoms with E-state index in [1.807, 2.05) is 0 Å². The molecule has 0 aliphatic heterocycles.